The summed E-state index contributed by atoms with van der Waals surface area (Å²) in [5, 5.41) is 12.2. The van der Waals surface area contributed by atoms with Gasteiger partial charge in [-0.25, -0.2) is 0 Å². The largest absolute Gasteiger partial charge is 0.497 e. The Labute approximate surface area is 158 Å². The highest BCUT2D eigenvalue weighted by Crippen LogP contribution is 2.35. The number of nitrogen functional groups attached to an aromatic ring is 1. The van der Waals surface area contributed by atoms with Gasteiger partial charge in [0.15, 0.2) is 23.0 Å². The molecule has 1 aliphatic rings. The van der Waals surface area contributed by atoms with E-state index >= 15 is 0 Å². The molecule has 4 aromatic rings. The molecule has 140 valence electrons. The summed E-state index contributed by atoms with van der Waals surface area (Å²) in [5.74, 6) is 2.80. The van der Waals surface area contributed by atoms with Crippen molar-refractivity contribution in [3.05, 3.63) is 42.5 Å². The van der Waals surface area contributed by atoms with Gasteiger partial charge in [-0.1, -0.05) is 16.4 Å². The number of hydrogen-bond acceptors (Lipinski definition) is 9. The van der Waals surface area contributed by atoms with Gasteiger partial charge in [0.1, 0.15) is 5.75 Å². The minimum atomic E-state index is 0.166. The van der Waals surface area contributed by atoms with E-state index < -0.39 is 0 Å². The van der Waals surface area contributed by atoms with Crippen LogP contribution in [0.25, 0.3) is 28.7 Å². The van der Waals surface area contributed by atoms with E-state index in [0.29, 0.717) is 34.5 Å². The first-order valence-electron chi connectivity index (χ1n) is 8.32. The van der Waals surface area contributed by atoms with Crippen LogP contribution in [-0.2, 0) is 0 Å². The molecule has 28 heavy (non-hydrogen) atoms. The second kappa shape index (κ2) is 6.27. The van der Waals surface area contributed by atoms with Gasteiger partial charge in [-0.3, -0.25) is 0 Å². The Kier molecular flexibility index (Phi) is 3.61. The van der Waals surface area contributed by atoms with E-state index in [9.17, 15) is 0 Å². The van der Waals surface area contributed by atoms with Crippen molar-refractivity contribution in [2.45, 2.75) is 0 Å². The number of hydrogen-bond donors (Lipinski definition) is 1. The third-order valence-corrected chi connectivity index (χ3v) is 4.26. The summed E-state index contributed by atoms with van der Waals surface area (Å²) in [6, 6.07) is 12.7. The van der Waals surface area contributed by atoms with Gasteiger partial charge in [-0.15, -0.1) is 5.10 Å². The van der Waals surface area contributed by atoms with E-state index in [1.807, 2.05) is 24.3 Å². The third kappa shape index (κ3) is 2.58. The molecule has 0 unspecified atom stereocenters. The van der Waals surface area contributed by atoms with Crippen molar-refractivity contribution < 1.29 is 18.7 Å². The van der Waals surface area contributed by atoms with Crippen LogP contribution in [0.5, 0.6) is 17.2 Å². The molecular weight excluding hydrogens is 364 g/mol. The van der Waals surface area contributed by atoms with Crippen LogP contribution in [-0.4, -0.2) is 39.0 Å². The predicted molar refractivity (Wildman–Crippen MR) is 97.2 cm³/mol. The second-order valence-corrected chi connectivity index (χ2v) is 5.93. The van der Waals surface area contributed by atoms with E-state index in [-0.39, 0.29) is 18.5 Å². The van der Waals surface area contributed by atoms with Crippen LogP contribution in [0.15, 0.2) is 47.0 Å². The Morgan fingerprint density at radius 1 is 1.11 bits per heavy atom. The molecule has 5 rings (SSSR count). The minimum Gasteiger partial charge on any atom is -0.497 e. The Morgan fingerprint density at radius 2 is 2.00 bits per heavy atom. The van der Waals surface area contributed by atoms with Gasteiger partial charge in [-0.05, 0) is 30.3 Å². The Hall–Kier alpha value is -4.08. The number of rotatable bonds is 4. The zero-order valence-electron chi connectivity index (χ0n) is 14.7. The molecule has 3 heterocycles. The fourth-order valence-corrected chi connectivity index (χ4v) is 2.85. The monoisotopic (exact) mass is 378 g/mol. The maximum atomic E-state index is 6.21. The van der Waals surface area contributed by atoms with E-state index in [0.717, 1.165) is 5.56 Å². The van der Waals surface area contributed by atoms with Gasteiger partial charge >= 0.3 is 0 Å². The summed E-state index contributed by atoms with van der Waals surface area (Å²) in [6.07, 6.45) is 0. The lowest BCUT2D eigenvalue weighted by Crippen LogP contribution is -2.02. The fraction of sp³-hybridized carbons (Fsp3) is 0.111. The van der Waals surface area contributed by atoms with Crippen LogP contribution in [0.3, 0.4) is 0 Å². The van der Waals surface area contributed by atoms with E-state index in [4.69, 9.17) is 24.5 Å². The topological polar surface area (TPSA) is 123 Å². The first kappa shape index (κ1) is 16.1. The summed E-state index contributed by atoms with van der Waals surface area (Å²) < 4.78 is 22.7. The van der Waals surface area contributed by atoms with Gasteiger partial charge < -0.3 is 24.5 Å². The highest BCUT2D eigenvalue weighted by molar-refractivity contribution is 5.67. The number of ether oxygens (including phenoxy) is 3. The van der Waals surface area contributed by atoms with Crippen LogP contribution in [0, 0.1) is 0 Å². The van der Waals surface area contributed by atoms with Gasteiger partial charge in [0, 0.05) is 11.6 Å². The molecule has 0 aliphatic carbocycles. The van der Waals surface area contributed by atoms with Crippen molar-refractivity contribution in [3.63, 3.8) is 0 Å². The zero-order valence-corrected chi connectivity index (χ0v) is 14.7. The maximum absolute atomic E-state index is 6.21. The van der Waals surface area contributed by atoms with Crippen LogP contribution < -0.4 is 19.9 Å². The smallest absolute Gasteiger partial charge is 0.282 e. The zero-order chi connectivity index (χ0) is 19.1. The number of benzene rings is 2. The molecule has 0 atom stereocenters. The lowest BCUT2D eigenvalue weighted by molar-refractivity contribution is 0.174. The van der Waals surface area contributed by atoms with Gasteiger partial charge in [0.2, 0.25) is 12.6 Å². The minimum absolute atomic E-state index is 0.166. The summed E-state index contributed by atoms with van der Waals surface area (Å²) in [7, 11) is 1.59. The highest BCUT2D eigenvalue weighted by atomic mass is 16.7. The summed E-state index contributed by atoms with van der Waals surface area (Å²) >= 11 is 0. The van der Waals surface area contributed by atoms with Crippen molar-refractivity contribution in [2.75, 3.05) is 19.6 Å². The predicted octanol–water partition coefficient (Wildman–Crippen LogP) is 2.30. The van der Waals surface area contributed by atoms with Crippen LogP contribution in [0.1, 0.15) is 0 Å². The fourth-order valence-electron chi connectivity index (χ4n) is 2.85. The van der Waals surface area contributed by atoms with Crippen molar-refractivity contribution in [1.29, 1.82) is 0 Å². The van der Waals surface area contributed by atoms with Crippen molar-refractivity contribution in [3.8, 4) is 45.9 Å². The number of fused-ring (bicyclic) bond motifs is 1. The van der Waals surface area contributed by atoms with E-state index in [2.05, 4.69) is 20.5 Å². The summed E-state index contributed by atoms with van der Waals surface area (Å²) in [6.45, 7) is 0.195. The molecule has 0 spiro atoms. The molecule has 0 saturated carbocycles. The lowest BCUT2D eigenvalue weighted by atomic mass is 10.2. The Balaban J connectivity index is 1.49. The first-order chi connectivity index (χ1) is 13.7. The number of nitrogens with two attached hydrogens (primary N) is 1. The van der Waals surface area contributed by atoms with Crippen molar-refractivity contribution >= 4 is 5.82 Å². The van der Waals surface area contributed by atoms with Gasteiger partial charge in [0.25, 0.3) is 5.89 Å². The molecule has 10 nitrogen and oxygen atoms in total. The molecule has 0 fully saturated rings. The second-order valence-electron chi connectivity index (χ2n) is 5.93. The average Bonchev–Trinajstić information content (AvgIpc) is 3.46. The van der Waals surface area contributed by atoms with E-state index in [1.54, 1.807) is 25.3 Å². The molecular formula is C18H14N6O4. The standard InChI is InChI=1S/C18H14N6O4/c1-25-12-4-2-3-11(8-12)24-16(19)15(21-23-24)18-20-17(22-28-18)10-5-6-13-14(7-10)27-9-26-13/h2-8H,9,19H2,1H3. The molecule has 0 bridgehead atoms. The summed E-state index contributed by atoms with van der Waals surface area (Å²) in [5.41, 5.74) is 7.93. The molecule has 1 aliphatic heterocycles. The number of methoxy groups -OCH3 is 1. The quantitative estimate of drug-likeness (QED) is 0.569. The van der Waals surface area contributed by atoms with Crippen LogP contribution in [0.4, 0.5) is 5.82 Å². The SMILES string of the molecule is COc1cccc(-n2nnc(-c3nc(-c4ccc5c(c4)OCO5)no3)c2N)c1. The lowest BCUT2D eigenvalue weighted by Gasteiger charge is -2.05. The van der Waals surface area contributed by atoms with Crippen LogP contribution >= 0.6 is 0 Å². The number of aromatic nitrogens is 5. The highest BCUT2D eigenvalue weighted by Gasteiger charge is 2.21. The normalized spacial score (nSPS) is 12.3. The number of nitrogens with zero attached hydrogens (tertiary/aromatic N) is 5. The average molecular weight is 378 g/mol. The van der Waals surface area contributed by atoms with Crippen molar-refractivity contribution in [1.82, 2.24) is 25.1 Å². The summed E-state index contributed by atoms with van der Waals surface area (Å²) in [4.78, 5) is 4.38. The molecule has 0 radical (unpaired) electrons. The molecule has 10 heteroatoms. The van der Waals surface area contributed by atoms with Crippen LogP contribution in [0.2, 0.25) is 0 Å². The van der Waals surface area contributed by atoms with Gasteiger partial charge in [0.05, 0.1) is 12.8 Å². The molecule has 0 saturated heterocycles. The Bertz CT molecular complexity index is 1170. The van der Waals surface area contributed by atoms with Crippen molar-refractivity contribution in [2.24, 2.45) is 0 Å². The Morgan fingerprint density at radius 3 is 2.89 bits per heavy atom. The molecule has 2 N–H and O–H groups in total. The molecule has 2 aromatic carbocycles. The number of anilines is 1. The van der Waals surface area contributed by atoms with Gasteiger partial charge in [-0.2, -0.15) is 9.67 Å². The third-order valence-electron chi connectivity index (χ3n) is 4.26. The van der Waals surface area contributed by atoms with E-state index in [1.165, 1.54) is 4.68 Å². The first-order valence-corrected chi connectivity index (χ1v) is 8.32. The molecule has 0 amide bonds. The maximum Gasteiger partial charge on any atom is 0.282 e. The molecule has 2 aromatic heterocycles.